The van der Waals surface area contributed by atoms with Crippen molar-refractivity contribution in [2.24, 2.45) is 0 Å². The Balaban J connectivity index is 1.95. The summed E-state index contributed by atoms with van der Waals surface area (Å²) in [5.41, 5.74) is 1.62. The number of rotatable bonds is 7. The molecule has 0 saturated carbocycles. The topological polar surface area (TPSA) is 64.6 Å². The standard InChI is InChI=1S/C19H17F2NO4/c1-2-25-17(23)12-5-13-3-8-15(9-4-13)22-18(24)14-6-10-16(11-7-14)26-19(20)21/h3-12,19H,2H2,1H3,(H,22,24)/b12-5+. The molecule has 0 atom stereocenters. The number of hydrogen-bond donors (Lipinski definition) is 1. The molecule has 26 heavy (non-hydrogen) atoms. The summed E-state index contributed by atoms with van der Waals surface area (Å²) in [7, 11) is 0. The van der Waals surface area contributed by atoms with Gasteiger partial charge < -0.3 is 14.8 Å². The zero-order chi connectivity index (χ0) is 18.9. The van der Waals surface area contributed by atoms with E-state index in [4.69, 9.17) is 4.74 Å². The van der Waals surface area contributed by atoms with Crippen LogP contribution in [0.25, 0.3) is 6.08 Å². The maximum atomic E-state index is 12.1. The first-order valence-electron chi connectivity index (χ1n) is 7.79. The van der Waals surface area contributed by atoms with Crippen LogP contribution in [0.2, 0.25) is 0 Å². The zero-order valence-electron chi connectivity index (χ0n) is 13.9. The smallest absolute Gasteiger partial charge is 0.387 e. The van der Waals surface area contributed by atoms with Gasteiger partial charge >= 0.3 is 12.6 Å². The minimum Gasteiger partial charge on any atom is -0.463 e. The normalized spacial score (nSPS) is 10.8. The number of halogens is 2. The van der Waals surface area contributed by atoms with Gasteiger partial charge in [0.15, 0.2) is 0 Å². The number of benzene rings is 2. The molecule has 0 aliphatic rings. The number of ether oxygens (including phenoxy) is 2. The summed E-state index contributed by atoms with van der Waals surface area (Å²) in [6.45, 7) is -0.877. The Bertz CT molecular complexity index is 771. The van der Waals surface area contributed by atoms with Crippen LogP contribution in [0.4, 0.5) is 14.5 Å². The third-order valence-corrected chi connectivity index (χ3v) is 3.21. The minimum absolute atomic E-state index is 0.0192. The van der Waals surface area contributed by atoms with Gasteiger partial charge in [0.05, 0.1) is 6.61 Å². The Labute approximate surface area is 149 Å². The number of esters is 1. The number of carbonyl (C=O) groups excluding carboxylic acids is 2. The molecule has 0 aliphatic carbocycles. The number of carbonyl (C=O) groups is 2. The fraction of sp³-hybridized carbons (Fsp3) is 0.158. The van der Waals surface area contributed by atoms with Crippen molar-refractivity contribution >= 4 is 23.6 Å². The zero-order valence-corrected chi connectivity index (χ0v) is 13.9. The van der Waals surface area contributed by atoms with E-state index in [9.17, 15) is 18.4 Å². The summed E-state index contributed by atoms with van der Waals surface area (Å²) in [6, 6.07) is 12.2. The monoisotopic (exact) mass is 361 g/mol. The van der Waals surface area contributed by atoms with Gasteiger partial charge in [-0.15, -0.1) is 0 Å². The van der Waals surface area contributed by atoms with E-state index in [1.54, 1.807) is 37.3 Å². The second-order valence-electron chi connectivity index (χ2n) is 5.06. The molecule has 0 spiro atoms. The van der Waals surface area contributed by atoms with Crippen molar-refractivity contribution in [1.29, 1.82) is 0 Å². The molecule has 0 bridgehead atoms. The van der Waals surface area contributed by atoms with E-state index in [-0.39, 0.29) is 11.7 Å². The Kier molecular flexibility index (Phi) is 6.84. The van der Waals surface area contributed by atoms with Crippen LogP contribution in [-0.4, -0.2) is 25.1 Å². The predicted octanol–water partition coefficient (Wildman–Crippen LogP) is 4.12. The van der Waals surface area contributed by atoms with Crippen LogP contribution >= 0.6 is 0 Å². The number of anilines is 1. The molecule has 0 aromatic heterocycles. The molecular formula is C19H17F2NO4. The van der Waals surface area contributed by atoms with Crippen molar-refractivity contribution in [2.75, 3.05) is 11.9 Å². The molecule has 1 N–H and O–H groups in total. The van der Waals surface area contributed by atoms with Gasteiger partial charge in [0.25, 0.3) is 5.91 Å². The predicted molar refractivity (Wildman–Crippen MR) is 93.1 cm³/mol. The van der Waals surface area contributed by atoms with Crippen molar-refractivity contribution in [3.8, 4) is 5.75 Å². The molecule has 0 fully saturated rings. The molecule has 136 valence electrons. The summed E-state index contributed by atoms with van der Waals surface area (Å²) >= 11 is 0. The first-order chi connectivity index (χ1) is 12.5. The average molecular weight is 361 g/mol. The molecule has 0 aliphatic heterocycles. The Hall–Kier alpha value is -3.22. The Morgan fingerprint density at radius 2 is 1.73 bits per heavy atom. The van der Waals surface area contributed by atoms with Crippen LogP contribution in [0.3, 0.4) is 0 Å². The number of alkyl halides is 2. The van der Waals surface area contributed by atoms with E-state index in [0.717, 1.165) is 5.56 Å². The van der Waals surface area contributed by atoms with Gasteiger partial charge in [-0.25, -0.2) is 4.79 Å². The minimum atomic E-state index is -2.91. The lowest BCUT2D eigenvalue weighted by atomic mass is 10.1. The molecule has 2 aromatic carbocycles. The van der Waals surface area contributed by atoms with E-state index in [2.05, 4.69) is 10.1 Å². The number of amides is 1. The number of nitrogens with one attached hydrogen (secondary N) is 1. The lowest BCUT2D eigenvalue weighted by molar-refractivity contribution is -0.137. The van der Waals surface area contributed by atoms with Crippen LogP contribution in [-0.2, 0) is 9.53 Å². The molecule has 5 nitrogen and oxygen atoms in total. The maximum Gasteiger partial charge on any atom is 0.387 e. The molecule has 0 radical (unpaired) electrons. The largest absolute Gasteiger partial charge is 0.463 e. The first-order valence-corrected chi connectivity index (χ1v) is 7.79. The summed E-state index contributed by atoms with van der Waals surface area (Å²) in [4.78, 5) is 23.4. The average Bonchev–Trinajstić information content (AvgIpc) is 2.61. The maximum absolute atomic E-state index is 12.1. The van der Waals surface area contributed by atoms with Gasteiger partial charge in [0, 0.05) is 17.3 Å². The second-order valence-corrected chi connectivity index (χ2v) is 5.06. The highest BCUT2D eigenvalue weighted by Gasteiger charge is 2.08. The molecule has 1 amide bonds. The SMILES string of the molecule is CCOC(=O)/C=C/c1ccc(NC(=O)c2ccc(OC(F)F)cc2)cc1. The summed E-state index contributed by atoms with van der Waals surface area (Å²) < 4.78 is 33.2. The van der Waals surface area contributed by atoms with Gasteiger partial charge in [-0.05, 0) is 55.0 Å². The van der Waals surface area contributed by atoms with Gasteiger partial charge in [-0.3, -0.25) is 4.79 Å². The van der Waals surface area contributed by atoms with Crippen LogP contribution in [0, 0.1) is 0 Å². The molecule has 0 heterocycles. The van der Waals surface area contributed by atoms with Crippen molar-refractivity contribution in [3.63, 3.8) is 0 Å². The molecule has 2 rings (SSSR count). The van der Waals surface area contributed by atoms with E-state index < -0.39 is 12.6 Å². The number of hydrogen-bond acceptors (Lipinski definition) is 4. The van der Waals surface area contributed by atoms with Gasteiger partial charge in [0.1, 0.15) is 5.75 Å². The molecule has 0 saturated heterocycles. The Morgan fingerprint density at radius 3 is 2.31 bits per heavy atom. The van der Waals surface area contributed by atoms with Crippen LogP contribution in [0.5, 0.6) is 5.75 Å². The second kappa shape index (κ2) is 9.31. The molecular weight excluding hydrogens is 344 g/mol. The van der Waals surface area contributed by atoms with Crippen LogP contribution < -0.4 is 10.1 Å². The van der Waals surface area contributed by atoms with E-state index in [1.807, 2.05) is 0 Å². The van der Waals surface area contributed by atoms with Crippen LogP contribution in [0.1, 0.15) is 22.8 Å². The van der Waals surface area contributed by atoms with Gasteiger partial charge in [0.2, 0.25) is 0 Å². The van der Waals surface area contributed by atoms with E-state index in [1.165, 1.54) is 30.3 Å². The third kappa shape index (κ3) is 6.01. The van der Waals surface area contributed by atoms with Gasteiger partial charge in [-0.2, -0.15) is 8.78 Å². The lowest BCUT2D eigenvalue weighted by Gasteiger charge is -2.07. The fourth-order valence-electron chi connectivity index (χ4n) is 2.02. The van der Waals surface area contributed by atoms with Gasteiger partial charge in [-0.1, -0.05) is 12.1 Å². The quantitative estimate of drug-likeness (QED) is 0.595. The highest BCUT2D eigenvalue weighted by Crippen LogP contribution is 2.17. The van der Waals surface area contributed by atoms with E-state index in [0.29, 0.717) is 17.9 Å². The van der Waals surface area contributed by atoms with Crippen molar-refractivity contribution < 1.29 is 27.8 Å². The van der Waals surface area contributed by atoms with Crippen LogP contribution in [0.15, 0.2) is 54.6 Å². The van der Waals surface area contributed by atoms with Crippen molar-refractivity contribution in [2.45, 2.75) is 13.5 Å². The van der Waals surface area contributed by atoms with E-state index >= 15 is 0 Å². The highest BCUT2D eigenvalue weighted by atomic mass is 19.3. The molecule has 0 unspecified atom stereocenters. The van der Waals surface area contributed by atoms with Crippen molar-refractivity contribution in [1.82, 2.24) is 0 Å². The summed E-state index contributed by atoms with van der Waals surface area (Å²) in [5.74, 6) is -0.832. The Morgan fingerprint density at radius 1 is 1.08 bits per heavy atom. The van der Waals surface area contributed by atoms with Crippen molar-refractivity contribution in [3.05, 3.63) is 65.7 Å². The molecule has 7 heteroatoms. The fourth-order valence-corrected chi connectivity index (χ4v) is 2.02. The summed E-state index contributed by atoms with van der Waals surface area (Å²) in [5, 5.41) is 2.69. The lowest BCUT2D eigenvalue weighted by Crippen LogP contribution is -2.11. The molecule has 2 aromatic rings. The highest BCUT2D eigenvalue weighted by molar-refractivity contribution is 6.04. The summed E-state index contributed by atoms with van der Waals surface area (Å²) in [6.07, 6.45) is 2.92. The third-order valence-electron chi connectivity index (χ3n) is 3.21. The first kappa shape index (κ1) is 19.1.